The largest absolute Gasteiger partial charge is 0.356 e. The maximum absolute atomic E-state index is 11.8. The molecule has 0 aromatic heterocycles. The molecule has 0 saturated heterocycles. The van der Waals surface area contributed by atoms with Crippen molar-refractivity contribution in [3.63, 3.8) is 0 Å². The topological polar surface area (TPSA) is 29.1 Å². The normalized spacial score (nSPS) is 10.7. The van der Waals surface area contributed by atoms with Gasteiger partial charge in [0.05, 0.1) is 6.42 Å². The molecule has 4 heteroatoms. The summed E-state index contributed by atoms with van der Waals surface area (Å²) in [6.45, 7) is 5.00. The predicted octanol–water partition coefficient (Wildman–Crippen LogP) is 4.09. The SMILES string of the molecule is CCC(CC)CNC(=O)Cc1ccc(Cl)cc1Cl. The van der Waals surface area contributed by atoms with Crippen LogP contribution in [0.15, 0.2) is 18.2 Å². The molecule has 1 aromatic carbocycles. The molecule has 2 nitrogen and oxygen atoms in total. The van der Waals surface area contributed by atoms with E-state index in [9.17, 15) is 4.79 Å². The van der Waals surface area contributed by atoms with Gasteiger partial charge >= 0.3 is 0 Å². The minimum absolute atomic E-state index is 0.00567. The standard InChI is InChI=1S/C14H19Cl2NO/c1-3-10(4-2)9-17-14(18)7-11-5-6-12(15)8-13(11)16/h5-6,8,10H,3-4,7,9H2,1-2H3,(H,17,18). The van der Waals surface area contributed by atoms with Gasteiger partial charge in [0.2, 0.25) is 5.91 Å². The van der Waals surface area contributed by atoms with Crippen LogP contribution in [0.5, 0.6) is 0 Å². The van der Waals surface area contributed by atoms with Crippen LogP contribution in [0, 0.1) is 5.92 Å². The first-order chi connectivity index (χ1) is 8.56. The van der Waals surface area contributed by atoms with Crippen LogP contribution >= 0.6 is 23.2 Å². The molecule has 0 spiro atoms. The molecule has 100 valence electrons. The summed E-state index contributed by atoms with van der Waals surface area (Å²) in [5.41, 5.74) is 0.808. The summed E-state index contributed by atoms with van der Waals surface area (Å²) in [5, 5.41) is 4.07. The number of nitrogens with one attached hydrogen (secondary N) is 1. The summed E-state index contributed by atoms with van der Waals surface area (Å²) >= 11 is 11.8. The average Bonchev–Trinajstić information content (AvgIpc) is 2.34. The molecule has 0 fully saturated rings. The molecule has 0 unspecified atom stereocenters. The van der Waals surface area contributed by atoms with Crippen LogP contribution < -0.4 is 5.32 Å². The summed E-state index contributed by atoms with van der Waals surface area (Å²) in [7, 11) is 0. The number of amides is 1. The monoisotopic (exact) mass is 287 g/mol. The minimum Gasteiger partial charge on any atom is -0.356 e. The van der Waals surface area contributed by atoms with Crippen molar-refractivity contribution in [3.8, 4) is 0 Å². The van der Waals surface area contributed by atoms with E-state index in [2.05, 4.69) is 19.2 Å². The maximum atomic E-state index is 11.8. The molecule has 0 atom stereocenters. The molecule has 0 saturated carbocycles. The smallest absolute Gasteiger partial charge is 0.224 e. The third kappa shape index (κ3) is 4.87. The van der Waals surface area contributed by atoms with E-state index >= 15 is 0 Å². The van der Waals surface area contributed by atoms with Gasteiger partial charge in [-0.2, -0.15) is 0 Å². The van der Waals surface area contributed by atoms with E-state index in [0.717, 1.165) is 24.9 Å². The molecule has 0 aliphatic rings. The fourth-order valence-electron chi connectivity index (χ4n) is 1.74. The summed E-state index contributed by atoms with van der Waals surface area (Å²) < 4.78 is 0. The summed E-state index contributed by atoms with van der Waals surface area (Å²) in [5.74, 6) is 0.556. The molecule has 0 aliphatic carbocycles. The van der Waals surface area contributed by atoms with Crippen LogP contribution in [0.1, 0.15) is 32.3 Å². The van der Waals surface area contributed by atoms with E-state index in [1.54, 1.807) is 18.2 Å². The number of halogens is 2. The first kappa shape index (κ1) is 15.3. The Morgan fingerprint density at radius 3 is 2.50 bits per heavy atom. The van der Waals surface area contributed by atoms with Gasteiger partial charge in [0.25, 0.3) is 0 Å². The average molecular weight is 288 g/mol. The number of hydrogen-bond donors (Lipinski definition) is 1. The van der Waals surface area contributed by atoms with E-state index in [1.807, 2.05) is 0 Å². The summed E-state index contributed by atoms with van der Waals surface area (Å²) in [6, 6.07) is 5.20. The van der Waals surface area contributed by atoms with E-state index in [0.29, 0.717) is 22.4 Å². The molecule has 1 rings (SSSR count). The van der Waals surface area contributed by atoms with Crippen LogP contribution in [0.3, 0.4) is 0 Å². The number of rotatable bonds is 6. The second-order valence-electron chi connectivity index (χ2n) is 4.40. The Morgan fingerprint density at radius 2 is 1.94 bits per heavy atom. The van der Waals surface area contributed by atoms with Crippen LogP contribution in [0.2, 0.25) is 10.0 Å². The third-order valence-electron chi connectivity index (χ3n) is 3.11. The van der Waals surface area contributed by atoms with Crippen LogP contribution in [0.25, 0.3) is 0 Å². The fourth-order valence-corrected chi connectivity index (χ4v) is 2.21. The van der Waals surface area contributed by atoms with Crippen molar-refractivity contribution in [1.82, 2.24) is 5.32 Å². The van der Waals surface area contributed by atoms with Gasteiger partial charge in [-0.15, -0.1) is 0 Å². The lowest BCUT2D eigenvalue weighted by atomic mass is 10.0. The van der Waals surface area contributed by atoms with E-state index in [1.165, 1.54) is 0 Å². The Labute approximate surface area is 119 Å². The lowest BCUT2D eigenvalue weighted by Crippen LogP contribution is -2.30. The Hall–Kier alpha value is -0.730. The van der Waals surface area contributed by atoms with Gasteiger partial charge in [-0.1, -0.05) is 56.0 Å². The zero-order valence-electron chi connectivity index (χ0n) is 10.8. The zero-order valence-corrected chi connectivity index (χ0v) is 12.3. The van der Waals surface area contributed by atoms with Gasteiger partial charge in [0.15, 0.2) is 0 Å². The lowest BCUT2D eigenvalue weighted by molar-refractivity contribution is -0.120. The van der Waals surface area contributed by atoms with Crippen molar-refractivity contribution in [2.24, 2.45) is 5.92 Å². The third-order valence-corrected chi connectivity index (χ3v) is 3.70. The first-order valence-corrected chi connectivity index (χ1v) is 7.03. The van der Waals surface area contributed by atoms with E-state index in [-0.39, 0.29) is 5.91 Å². The summed E-state index contributed by atoms with van der Waals surface area (Å²) in [6.07, 6.45) is 2.47. The quantitative estimate of drug-likeness (QED) is 0.839. The molecule has 1 N–H and O–H groups in total. The highest BCUT2D eigenvalue weighted by molar-refractivity contribution is 6.35. The Morgan fingerprint density at radius 1 is 1.28 bits per heavy atom. The number of carbonyl (C=O) groups is 1. The maximum Gasteiger partial charge on any atom is 0.224 e. The Bertz CT molecular complexity index is 403. The fraction of sp³-hybridized carbons (Fsp3) is 0.500. The van der Waals surface area contributed by atoms with Crippen molar-refractivity contribution in [1.29, 1.82) is 0 Å². The molecular weight excluding hydrogens is 269 g/mol. The van der Waals surface area contributed by atoms with Gasteiger partial charge in [0, 0.05) is 16.6 Å². The lowest BCUT2D eigenvalue weighted by Gasteiger charge is -2.13. The highest BCUT2D eigenvalue weighted by Crippen LogP contribution is 2.21. The van der Waals surface area contributed by atoms with Gasteiger partial charge in [0.1, 0.15) is 0 Å². The highest BCUT2D eigenvalue weighted by atomic mass is 35.5. The van der Waals surface area contributed by atoms with E-state index in [4.69, 9.17) is 23.2 Å². The Balaban J connectivity index is 2.49. The molecule has 0 radical (unpaired) electrons. The molecule has 18 heavy (non-hydrogen) atoms. The molecule has 1 amide bonds. The van der Waals surface area contributed by atoms with Crippen LogP contribution in [-0.4, -0.2) is 12.5 Å². The predicted molar refractivity (Wildman–Crippen MR) is 77.2 cm³/mol. The van der Waals surface area contributed by atoms with Crippen molar-refractivity contribution in [2.45, 2.75) is 33.1 Å². The van der Waals surface area contributed by atoms with E-state index < -0.39 is 0 Å². The second kappa shape index (κ2) is 7.65. The van der Waals surface area contributed by atoms with Gasteiger partial charge in [-0.25, -0.2) is 0 Å². The molecule has 0 aliphatic heterocycles. The summed E-state index contributed by atoms with van der Waals surface area (Å²) in [4.78, 5) is 11.8. The van der Waals surface area contributed by atoms with Gasteiger partial charge < -0.3 is 5.32 Å². The number of carbonyl (C=O) groups excluding carboxylic acids is 1. The Kier molecular flexibility index (Phi) is 6.51. The highest BCUT2D eigenvalue weighted by Gasteiger charge is 2.09. The number of hydrogen-bond acceptors (Lipinski definition) is 1. The molecule has 0 bridgehead atoms. The molecular formula is C14H19Cl2NO. The molecule has 1 aromatic rings. The van der Waals surface area contributed by atoms with Gasteiger partial charge in [-0.05, 0) is 23.6 Å². The molecule has 0 heterocycles. The first-order valence-electron chi connectivity index (χ1n) is 6.27. The van der Waals surface area contributed by atoms with Crippen molar-refractivity contribution in [2.75, 3.05) is 6.54 Å². The number of benzene rings is 1. The van der Waals surface area contributed by atoms with Crippen LogP contribution in [0.4, 0.5) is 0 Å². The van der Waals surface area contributed by atoms with Gasteiger partial charge in [-0.3, -0.25) is 4.79 Å². The van der Waals surface area contributed by atoms with Crippen molar-refractivity contribution in [3.05, 3.63) is 33.8 Å². The van der Waals surface area contributed by atoms with Crippen LogP contribution in [-0.2, 0) is 11.2 Å². The minimum atomic E-state index is 0.00567. The van der Waals surface area contributed by atoms with Crippen molar-refractivity contribution < 1.29 is 4.79 Å². The second-order valence-corrected chi connectivity index (χ2v) is 5.24. The van der Waals surface area contributed by atoms with Crippen molar-refractivity contribution >= 4 is 29.1 Å². The zero-order chi connectivity index (χ0) is 13.5.